The highest BCUT2D eigenvalue weighted by Gasteiger charge is 2.31. The zero-order valence-corrected chi connectivity index (χ0v) is 18.4. The SMILES string of the molecule is C[C@@H](Sc1nc2sc3c(c2c(=O)n1C)CC(C)(C)OC3)C(=O)Nc1ccccc1. The van der Waals surface area contributed by atoms with Crippen molar-refractivity contribution in [1.29, 1.82) is 0 Å². The van der Waals surface area contributed by atoms with Gasteiger partial charge < -0.3 is 10.1 Å². The lowest BCUT2D eigenvalue weighted by Crippen LogP contribution is -2.32. The average molecular weight is 430 g/mol. The number of aromatic nitrogens is 2. The van der Waals surface area contributed by atoms with Crippen LogP contribution in [0.5, 0.6) is 0 Å². The molecular weight excluding hydrogens is 406 g/mol. The lowest BCUT2D eigenvalue weighted by molar-refractivity contribution is -0.115. The number of nitrogens with one attached hydrogen (secondary N) is 1. The summed E-state index contributed by atoms with van der Waals surface area (Å²) in [5, 5.41) is 3.72. The van der Waals surface area contributed by atoms with E-state index in [0.29, 0.717) is 23.6 Å². The molecule has 0 fully saturated rings. The van der Waals surface area contributed by atoms with E-state index in [1.54, 1.807) is 11.6 Å². The summed E-state index contributed by atoms with van der Waals surface area (Å²) in [5.41, 5.74) is 1.45. The minimum Gasteiger partial charge on any atom is -0.370 e. The van der Waals surface area contributed by atoms with Crippen LogP contribution >= 0.6 is 23.1 Å². The fraction of sp³-hybridized carbons (Fsp3) is 0.381. The van der Waals surface area contributed by atoms with Gasteiger partial charge in [-0.25, -0.2) is 4.98 Å². The van der Waals surface area contributed by atoms with Crippen LogP contribution in [0.4, 0.5) is 5.69 Å². The van der Waals surface area contributed by atoms with Gasteiger partial charge in [-0.15, -0.1) is 11.3 Å². The summed E-state index contributed by atoms with van der Waals surface area (Å²) in [7, 11) is 1.72. The zero-order valence-electron chi connectivity index (χ0n) is 16.8. The Hall–Kier alpha value is -2.16. The lowest BCUT2D eigenvalue weighted by Gasteiger charge is -2.29. The number of thioether (sulfide) groups is 1. The second-order valence-electron chi connectivity index (χ2n) is 7.78. The number of benzene rings is 1. The third-order valence-electron chi connectivity index (χ3n) is 4.96. The Morgan fingerprint density at radius 2 is 2.07 bits per heavy atom. The Morgan fingerprint density at radius 1 is 1.34 bits per heavy atom. The number of ether oxygens (including phenoxy) is 1. The maximum absolute atomic E-state index is 13.1. The highest BCUT2D eigenvalue weighted by molar-refractivity contribution is 8.00. The Kier molecular flexibility index (Phi) is 5.27. The summed E-state index contributed by atoms with van der Waals surface area (Å²) in [6.07, 6.45) is 0.696. The highest BCUT2D eigenvalue weighted by Crippen LogP contribution is 2.37. The quantitative estimate of drug-likeness (QED) is 0.502. The number of hydrogen-bond acceptors (Lipinski definition) is 6. The molecule has 1 aliphatic heterocycles. The number of nitrogens with zero attached hydrogens (tertiary/aromatic N) is 2. The highest BCUT2D eigenvalue weighted by atomic mass is 32.2. The van der Waals surface area contributed by atoms with Crippen LogP contribution < -0.4 is 10.9 Å². The molecule has 4 rings (SSSR count). The predicted octanol–water partition coefficient (Wildman–Crippen LogP) is 3.97. The molecule has 0 radical (unpaired) electrons. The van der Waals surface area contributed by atoms with Crippen molar-refractivity contribution in [2.24, 2.45) is 7.05 Å². The summed E-state index contributed by atoms with van der Waals surface area (Å²) in [4.78, 5) is 32.2. The minimum absolute atomic E-state index is 0.0663. The largest absolute Gasteiger partial charge is 0.370 e. The molecule has 0 aliphatic carbocycles. The first kappa shape index (κ1) is 20.1. The number of fused-ring (bicyclic) bond motifs is 3. The number of rotatable bonds is 4. The van der Waals surface area contributed by atoms with Crippen LogP contribution in [-0.4, -0.2) is 26.3 Å². The molecule has 6 nitrogen and oxygen atoms in total. The maximum atomic E-state index is 13.1. The van der Waals surface area contributed by atoms with Gasteiger partial charge in [-0.3, -0.25) is 14.2 Å². The van der Waals surface area contributed by atoms with E-state index in [1.165, 1.54) is 23.1 Å². The average Bonchev–Trinajstić information content (AvgIpc) is 3.02. The molecule has 3 heterocycles. The molecule has 152 valence electrons. The topological polar surface area (TPSA) is 73.2 Å². The molecule has 1 aromatic carbocycles. The van der Waals surface area contributed by atoms with Crippen LogP contribution in [-0.2, 0) is 29.6 Å². The first-order chi connectivity index (χ1) is 13.7. The number of para-hydroxylation sites is 1. The second kappa shape index (κ2) is 7.59. The van der Waals surface area contributed by atoms with Crippen molar-refractivity contribution in [3.63, 3.8) is 0 Å². The molecular formula is C21H23N3O3S2. The van der Waals surface area contributed by atoms with Gasteiger partial charge >= 0.3 is 0 Å². The van der Waals surface area contributed by atoms with Crippen LogP contribution in [0.15, 0.2) is 40.3 Å². The van der Waals surface area contributed by atoms with E-state index in [-0.39, 0.29) is 17.1 Å². The van der Waals surface area contributed by atoms with Crippen LogP contribution in [0.3, 0.4) is 0 Å². The summed E-state index contributed by atoms with van der Waals surface area (Å²) in [6, 6.07) is 9.33. The normalized spacial score (nSPS) is 16.4. The molecule has 0 saturated heterocycles. The minimum atomic E-state index is -0.400. The Balaban J connectivity index is 1.62. The van der Waals surface area contributed by atoms with Crippen molar-refractivity contribution >= 4 is 44.9 Å². The van der Waals surface area contributed by atoms with Crippen LogP contribution in [0, 0.1) is 0 Å². The molecule has 1 atom stereocenters. The third kappa shape index (κ3) is 3.97. The molecule has 0 unspecified atom stereocenters. The van der Waals surface area contributed by atoms with Crippen molar-refractivity contribution in [2.75, 3.05) is 5.32 Å². The van der Waals surface area contributed by atoms with E-state index >= 15 is 0 Å². The van der Waals surface area contributed by atoms with Crippen molar-refractivity contribution in [2.45, 2.75) is 49.8 Å². The second-order valence-corrected chi connectivity index (χ2v) is 10.2. The molecule has 1 amide bonds. The van der Waals surface area contributed by atoms with Gasteiger partial charge in [0, 0.05) is 24.0 Å². The monoisotopic (exact) mass is 429 g/mol. The number of carbonyl (C=O) groups is 1. The van der Waals surface area contributed by atoms with Gasteiger partial charge in [0.15, 0.2) is 5.16 Å². The summed E-state index contributed by atoms with van der Waals surface area (Å²) in [6.45, 7) is 6.39. The van der Waals surface area contributed by atoms with Gasteiger partial charge in [-0.2, -0.15) is 0 Å². The molecule has 2 aromatic heterocycles. The van der Waals surface area contributed by atoms with E-state index in [9.17, 15) is 9.59 Å². The van der Waals surface area contributed by atoms with Gasteiger partial charge in [0.1, 0.15) is 4.83 Å². The fourth-order valence-corrected chi connectivity index (χ4v) is 5.36. The predicted molar refractivity (Wildman–Crippen MR) is 118 cm³/mol. The van der Waals surface area contributed by atoms with Gasteiger partial charge in [-0.05, 0) is 38.5 Å². The van der Waals surface area contributed by atoms with Crippen LogP contribution in [0.25, 0.3) is 10.2 Å². The van der Waals surface area contributed by atoms with Gasteiger partial charge in [0.25, 0.3) is 5.56 Å². The number of anilines is 1. The zero-order chi connectivity index (χ0) is 20.8. The maximum Gasteiger partial charge on any atom is 0.262 e. The molecule has 1 aliphatic rings. The van der Waals surface area contributed by atoms with Crippen molar-refractivity contribution < 1.29 is 9.53 Å². The Morgan fingerprint density at radius 3 is 2.79 bits per heavy atom. The molecule has 1 N–H and O–H groups in total. The molecule has 8 heteroatoms. The first-order valence-corrected chi connectivity index (χ1v) is 11.1. The number of amides is 1. The van der Waals surface area contributed by atoms with E-state index in [2.05, 4.69) is 5.32 Å². The lowest BCUT2D eigenvalue weighted by atomic mass is 9.94. The first-order valence-electron chi connectivity index (χ1n) is 9.43. The van der Waals surface area contributed by atoms with E-state index in [4.69, 9.17) is 9.72 Å². The summed E-state index contributed by atoms with van der Waals surface area (Å²) < 4.78 is 7.44. The Bertz CT molecular complexity index is 1140. The number of carbonyl (C=O) groups excluding carboxylic acids is 1. The van der Waals surface area contributed by atoms with Gasteiger partial charge in [-0.1, -0.05) is 30.0 Å². The molecule has 0 bridgehead atoms. The number of thiophene rings is 1. The van der Waals surface area contributed by atoms with E-state index < -0.39 is 5.25 Å². The molecule has 0 spiro atoms. The van der Waals surface area contributed by atoms with Crippen molar-refractivity contribution in [3.05, 3.63) is 51.1 Å². The van der Waals surface area contributed by atoms with Crippen molar-refractivity contribution in [1.82, 2.24) is 9.55 Å². The van der Waals surface area contributed by atoms with E-state index in [1.807, 2.05) is 51.1 Å². The molecule has 3 aromatic rings. The summed E-state index contributed by atoms with van der Waals surface area (Å²) >= 11 is 2.80. The molecule has 29 heavy (non-hydrogen) atoms. The van der Waals surface area contributed by atoms with E-state index in [0.717, 1.165) is 21.0 Å². The smallest absolute Gasteiger partial charge is 0.262 e. The number of hydrogen-bond donors (Lipinski definition) is 1. The van der Waals surface area contributed by atoms with Gasteiger partial charge in [0.2, 0.25) is 5.91 Å². The van der Waals surface area contributed by atoms with Gasteiger partial charge in [0.05, 0.1) is 22.8 Å². The fourth-order valence-electron chi connectivity index (χ4n) is 3.34. The third-order valence-corrected chi connectivity index (χ3v) is 7.21. The van der Waals surface area contributed by atoms with Crippen molar-refractivity contribution in [3.8, 4) is 0 Å². The van der Waals surface area contributed by atoms with Crippen LogP contribution in [0.1, 0.15) is 31.2 Å². The molecule has 0 saturated carbocycles. The summed E-state index contributed by atoms with van der Waals surface area (Å²) in [5.74, 6) is -0.129. The van der Waals surface area contributed by atoms with Crippen LogP contribution in [0.2, 0.25) is 0 Å². The Labute approximate surface area is 177 Å². The standard InChI is InChI=1S/C21H23N3O3S2/c1-12(17(25)22-13-8-6-5-7-9-13)28-20-23-18-16(19(26)24(20)4)14-10-21(2,3)27-11-15(14)29-18/h5-9,12H,10-11H2,1-4H3,(H,22,25)/t12-/m1/s1.